The van der Waals surface area contributed by atoms with Gasteiger partial charge in [0.2, 0.25) is 0 Å². The van der Waals surface area contributed by atoms with Gasteiger partial charge in [0.05, 0.1) is 0 Å². The lowest BCUT2D eigenvalue weighted by Crippen LogP contribution is -2.53. The maximum Gasteiger partial charge on any atom is -0.00178 e. The van der Waals surface area contributed by atoms with Gasteiger partial charge in [0.15, 0.2) is 0 Å². The van der Waals surface area contributed by atoms with Crippen LogP contribution in [-0.2, 0) is 0 Å². The van der Waals surface area contributed by atoms with Crippen LogP contribution in [0.15, 0.2) is 0 Å². The third-order valence-corrected chi connectivity index (χ3v) is 4.48. The third kappa shape index (κ3) is 1.02. The van der Waals surface area contributed by atoms with Gasteiger partial charge in [0.25, 0.3) is 0 Å². The highest BCUT2D eigenvalue weighted by atomic mass is 14.7. The maximum absolute atomic E-state index is 5.89. The number of rotatable bonds is 2. The van der Waals surface area contributed by atoms with Gasteiger partial charge in [-0.15, -0.1) is 0 Å². The van der Waals surface area contributed by atoms with E-state index in [4.69, 9.17) is 5.73 Å². The fourth-order valence-corrected chi connectivity index (χ4v) is 3.56. The molecular formula is C11H21N. The summed E-state index contributed by atoms with van der Waals surface area (Å²) in [5, 5.41) is 0. The Morgan fingerprint density at radius 1 is 1.33 bits per heavy atom. The van der Waals surface area contributed by atoms with Crippen molar-refractivity contribution in [3.63, 3.8) is 0 Å². The van der Waals surface area contributed by atoms with E-state index in [-0.39, 0.29) is 0 Å². The predicted octanol–water partition coefficient (Wildman–Crippen LogP) is 2.55. The number of fused-ring (bicyclic) bond motifs is 1. The van der Waals surface area contributed by atoms with Gasteiger partial charge in [0.1, 0.15) is 0 Å². The van der Waals surface area contributed by atoms with Crippen molar-refractivity contribution in [2.24, 2.45) is 23.0 Å². The van der Waals surface area contributed by atoms with Crippen molar-refractivity contribution in [1.29, 1.82) is 0 Å². The minimum atomic E-state index is 0.574. The van der Waals surface area contributed by atoms with E-state index in [1.54, 1.807) is 0 Å². The van der Waals surface area contributed by atoms with Gasteiger partial charge < -0.3 is 5.73 Å². The molecule has 1 heteroatoms. The van der Waals surface area contributed by atoms with Gasteiger partial charge in [-0.1, -0.05) is 26.2 Å². The zero-order valence-electron chi connectivity index (χ0n) is 8.18. The van der Waals surface area contributed by atoms with Gasteiger partial charge in [-0.3, -0.25) is 0 Å². The first kappa shape index (κ1) is 8.55. The highest BCUT2D eigenvalue weighted by Gasteiger charge is 2.51. The van der Waals surface area contributed by atoms with Gasteiger partial charge >= 0.3 is 0 Å². The summed E-state index contributed by atoms with van der Waals surface area (Å²) in [5.74, 6) is 2.06. The average Bonchev–Trinajstić information content (AvgIpc) is 2.09. The van der Waals surface area contributed by atoms with Crippen molar-refractivity contribution in [3.8, 4) is 0 Å². The monoisotopic (exact) mass is 167 g/mol. The molecule has 1 nitrogen and oxygen atoms in total. The first-order valence-electron chi connectivity index (χ1n) is 5.52. The standard InChI is InChI=1S/C11H21N/c1-2-11(8-12)7-9-5-3-4-6-10(9)11/h9-10H,2-8,12H2,1H3/t9-,10-,11-/m0/s1. The summed E-state index contributed by atoms with van der Waals surface area (Å²) in [6.07, 6.45) is 8.64. The first-order valence-corrected chi connectivity index (χ1v) is 5.52. The van der Waals surface area contributed by atoms with Crippen molar-refractivity contribution < 1.29 is 0 Å². The molecule has 0 aliphatic heterocycles. The van der Waals surface area contributed by atoms with E-state index in [1.165, 1.54) is 38.5 Å². The minimum Gasteiger partial charge on any atom is -0.330 e. The normalized spacial score (nSPS) is 46.5. The van der Waals surface area contributed by atoms with Crippen LogP contribution in [0.2, 0.25) is 0 Å². The highest BCUT2D eigenvalue weighted by Crippen LogP contribution is 2.58. The molecule has 2 saturated carbocycles. The summed E-state index contributed by atoms with van der Waals surface area (Å²) in [4.78, 5) is 0. The molecule has 0 amide bonds. The lowest BCUT2D eigenvalue weighted by Gasteiger charge is -2.57. The summed E-state index contributed by atoms with van der Waals surface area (Å²) >= 11 is 0. The number of hydrogen-bond donors (Lipinski definition) is 1. The molecule has 0 heterocycles. The second-order valence-electron chi connectivity index (χ2n) is 4.78. The summed E-state index contributed by atoms with van der Waals surface area (Å²) in [7, 11) is 0. The van der Waals surface area contributed by atoms with E-state index in [0.29, 0.717) is 5.41 Å². The Labute approximate surface area is 75.7 Å². The quantitative estimate of drug-likeness (QED) is 0.672. The maximum atomic E-state index is 5.89. The van der Waals surface area contributed by atoms with Gasteiger partial charge in [0, 0.05) is 0 Å². The largest absolute Gasteiger partial charge is 0.330 e. The van der Waals surface area contributed by atoms with Crippen LogP contribution in [0.5, 0.6) is 0 Å². The van der Waals surface area contributed by atoms with Crippen LogP contribution in [0.1, 0.15) is 45.4 Å². The fourth-order valence-electron chi connectivity index (χ4n) is 3.56. The first-order chi connectivity index (χ1) is 5.82. The second-order valence-corrected chi connectivity index (χ2v) is 4.78. The summed E-state index contributed by atoms with van der Waals surface area (Å²) in [6.45, 7) is 3.25. The van der Waals surface area contributed by atoms with Crippen LogP contribution < -0.4 is 5.73 Å². The highest BCUT2D eigenvalue weighted by molar-refractivity contribution is 5.02. The van der Waals surface area contributed by atoms with E-state index in [2.05, 4.69) is 6.92 Å². The van der Waals surface area contributed by atoms with E-state index in [1.807, 2.05) is 0 Å². The van der Waals surface area contributed by atoms with E-state index >= 15 is 0 Å². The average molecular weight is 167 g/mol. The zero-order valence-corrected chi connectivity index (χ0v) is 8.18. The molecule has 2 aliphatic rings. The molecule has 2 aliphatic carbocycles. The molecule has 0 saturated heterocycles. The lowest BCUT2D eigenvalue weighted by atomic mass is 9.48. The molecule has 0 aromatic rings. The Balaban J connectivity index is 2.02. The molecule has 2 fully saturated rings. The van der Waals surface area contributed by atoms with Crippen LogP contribution in [0.25, 0.3) is 0 Å². The van der Waals surface area contributed by atoms with Crippen LogP contribution in [0.4, 0.5) is 0 Å². The molecule has 0 bridgehead atoms. The number of hydrogen-bond acceptors (Lipinski definition) is 1. The van der Waals surface area contributed by atoms with E-state index in [0.717, 1.165) is 18.4 Å². The fraction of sp³-hybridized carbons (Fsp3) is 1.00. The topological polar surface area (TPSA) is 26.0 Å². The van der Waals surface area contributed by atoms with Crippen LogP contribution >= 0.6 is 0 Å². The SMILES string of the molecule is CC[C@@]1(CN)C[C@@H]2CCCC[C@@H]21. The lowest BCUT2D eigenvalue weighted by molar-refractivity contribution is -0.0661. The molecule has 0 unspecified atom stereocenters. The third-order valence-electron chi connectivity index (χ3n) is 4.48. The smallest absolute Gasteiger partial charge is 0.00178 e. The molecule has 70 valence electrons. The van der Waals surface area contributed by atoms with Crippen LogP contribution in [0.3, 0.4) is 0 Å². The van der Waals surface area contributed by atoms with E-state index in [9.17, 15) is 0 Å². The molecule has 2 N–H and O–H groups in total. The van der Waals surface area contributed by atoms with Crippen LogP contribution in [0, 0.1) is 17.3 Å². The Morgan fingerprint density at radius 3 is 2.67 bits per heavy atom. The van der Waals surface area contributed by atoms with Gasteiger partial charge in [-0.05, 0) is 43.1 Å². The van der Waals surface area contributed by atoms with Gasteiger partial charge in [-0.2, -0.15) is 0 Å². The summed E-state index contributed by atoms with van der Waals surface area (Å²) in [5.41, 5.74) is 6.46. The van der Waals surface area contributed by atoms with Crippen molar-refractivity contribution >= 4 is 0 Å². The second kappa shape index (κ2) is 3.02. The van der Waals surface area contributed by atoms with Crippen molar-refractivity contribution in [2.75, 3.05) is 6.54 Å². The Bertz CT molecular complexity index is 160. The van der Waals surface area contributed by atoms with Crippen molar-refractivity contribution in [3.05, 3.63) is 0 Å². The molecule has 0 radical (unpaired) electrons. The molecule has 0 aromatic heterocycles. The molecular weight excluding hydrogens is 146 g/mol. The molecule has 0 aromatic carbocycles. The molecule has 3 atom stereocenters. The summed E-state index contributed by atoms with van der Waals surface area (Å²) in [6, 6.07) is 0. The summed E-state index contributed by atoms with van der Waals surface area (Å²) < 4.78 is 0. The zero-order chi connectivity index (χ0) is 8.60. The Hall–Kier alpha value is -0.0400. The molecule has 2 rings (SSSR count). The van der Waals surface area contributed by atoms with Crippen molar-refractivity contribution in [1.82, 2.24) is 0 Å². The van der Waals surface area contributed by atoms with Crippen molar-refractivity contribution in [2.45, 2.75) is 45.4 Å². The molecule has 0 spiro atoms. The Kier molecular flexibility index (Phi) is 2.16. The predicted molar refractivity (Wildman–Crippen MR) is 51.8 cm³/mol. The van der Waals surface area contributed by atoms with E-state index < -0.39 is 0 Å². The molecule has 12 heavy (non-hydrogen) atoms. The van der Waals surface area contributed by atoms with Gasteiger partial charge in [-0.25, -0.2) is 0 Å². The minimum absolute atomic E-state index is 0.574. The van der Waals surface area contributed by atoms with Crippen LogP contribution in [-0.4, -0.2) is 6.54 Å². The Morgan fingerprint density at radius 2 is 2.08 bits per heavy atom. The number of nitrogens with two attached hydrogens (primary N) is 1.